The lowest BCUT2D eigenvalue weighted by molar-refractivity contribution is 0.256. The van der Waals surface area contributed by atoms with Gasteiger partial charge >= 0.3 is 6.03 Å². The molecule has 0 saturated heterocycles. The predicted molar refractivity (Wildman–Crippen MR) is 134 cm³/mol. The van der Waals surface area contributed by atoms with Crippen molar-refractivity contribution < 1.29 is 9.18 Å². The molecule has 0 unspecified atom stereocenters. The first-order valence-electron chi connectivity index (χ1n) is 11.0. The SMILES string of the molecule is CC(C)NCc1ccc(-c2ccc(N(C(N)=O)c3ccc(F)c(CN)c3)cc2)c2c(N)n[nH]c12. The van der Waals surface area contributed by atoms with Crippen LogP contribution in [-0.4, -0.2) is 22.3 Å². The Morgan fingerprint density at radius 2 is 1.79 bits per heavy atom. The van der Waals surface area contributed by atoms with E-state index in [1.165, 1.54) is 23.1 Å². The van der Waals surface area contributed by atoms with Gasteiger partial charge in [0.1, 0.15) is 5.82 Å². The van der Waals surface area contributed by atoms with Crippen LogP contribution in [0, 0.1) is 5.82 Å². The van der Waals surface area contributed by atoms with Gasteiger partial charge in [0.2, 0.25) is 0 Å². The van der Waals surface area contributed by atoms with Crippen LogP contribution < -0.4 is 27.4 Å². The number of primary amides is 1. The van der Waals surface area contributed by atoms with Crippen molar-refractivity contribution in [1.29, 1.82) is 0 Å². The van der Waals surface area contributed by atoms with E-state index < -0.39 is 11.8 Å². The number of halogens is 1. The Morgan fingerprint density at radius 3 is 2.44 bits per heavy atom. The summed E-state index contributed by atoms with van der Waals surface area (Å²) >= 11 is 0. The Hall–Kier alpha value is -3.95. The number of benzene rings is 3. The topological polar surface area (TPSA) is 139 Å². The molecule has 0 aliphatic heterocycles. The number of carbonyl (C=O) groups excluding carboxylic acids is 1. The lowest BCUT2D eigenvalue weighted by Gasteiger charge is -2.22. The smallest absolute Gasteiger partial charge is 0.323 e. The lowest BCUT2D eigenvalue weighted by atomic mass is 9.98. The van der Waals surface area contributed by atoms with Crippen LogP contribution in [0.4, 0.5) is 26.4 Å². The Labute approximate surface area is 196 Å². The number of amides is 2. The molecule has 9 heteroatoms. The second-order valence-electron chi connectivity index (χ2n) is 8.37. The van der Waals surface area contributed by atoms with Gasteiger partial charge in [0.05, 0.1) is 22.3 Å². The van der Waals surface area contributed by atoms with E-state index in [0.29, 0.717) is 35.3 Å². The number of H-pyrrole nitrogens is 1. The van der Waals surface area contributed by atoms with Gasteiger partial charge in [0, 0.05) is 24.7 Å². The monoisotopic (exact) mass is 461 g/mol. The van der Waals surface area contributed by atoms with Crippen LogP contribution in [0.25, 0.3) is 22.0 Å². The molecular weight excluding hydrogens is 433 g/mol. The van der Waals surface area contributed by atoms with E-state index in [-0.39, 0.29) is 6.54 Å². The van der Waals surface area contributed by atoms with Gasteiger partial charge in [-0.1, -0.05) is 38.1 Å². The van der Waals surface area contributed by atoms with Crippen LogP contribution in [0.1, 0.15) is 25.0 Å². The largest absolute Gasteiger partial charge is 0.382 e. The van der Waals surface area contributed by atoms with E-state index in [4.69, 9.17) is 17.2 Å². The number of rotatable bonds is 7. The van der Waals surface area contributed by atoms with Crippen molar-refractivity contribution in [1.82, 2.24) is 15.5 Å². The number of aromatic amines is 1. The van der Waals surface area contributed by atoms with Gasteiger partial charge in [-0.25, -0.2) is 9.18 Å². The Kier molecular flexibility index (Phi) is 6.49. The van der Waals surface area contributed by atoms with Crippen molar-refractivity contribution in [3.8, 4) is 11.1 Å². The average Bonchev–Trinajstić information content (AvgIpc) is 3.21. The zero-order valence-electron chi connectivity index (χ0n) is 19.1. The molecule has 0 radical (unpaired) electrons. The maximum Gasteiger partial charge on any atom is 0.323 e. The maximum atomic E-state index is 13.9. The molecule has 0 atom stereocenters. The Morgan fingerprint density at radius 1 is 1.09 bits per heavy atom. The molecular formula is C25H28FN7O. The highest BCUT2D eigenvalue weighted by molar-refractivity contribution is 6.03. The van der Waals surface area contributed by atoms with Gasteiger partial charge in [-0.05, 0) is 47.0 Å². The summed E-state index contributed by atoms with van der Waals surface area (Å²) in [6.07, 6.45) is 0. The molecule has 34 heavy (non-hydrogen) atoms. The third-order valence-corrected chi connectivity index (χ3v) is 5.70. The number of hydrogen-bond donors (Lipinski definition) is 5. The van der Waals surface area contributed by atoms with Gasteiger partial charge in [0.15, 0.2) is 5.82 Å². The molecule has 0 spiro atoms. The van der Waals surface area contributed by atoms with E-state index in [1.54, 1.807) is 12.1 Å². The molecule has 1 aromatic heterocycles. The molecule has 0 aliphatic carbocycles. The first kappa shape index (κ1) is 23.2. The second kappa shape index (κ2) is 9.50. The molecule has 0 aliphatic rings. The summed E-state index contributed by atoms with van der Waals surface area (Å²) in [6, 6.07) is 15.3. The number of fused-ring (bicyclic) bond motifs is 1. The molecule has 4 aromatic rings. The fourth-order valence-corrected chi connectivity index (χ4v) is 3.96. The second-order valence-corrected chi connectivity index (χ2v) is 8.37. The number of nitrogens with zero attached hydrogens (tertiary/aromatic N) is 2. The summed E-state index contributed by atoms with van der Waals surface area (Å²) in [7, 11) is 0. The average molecular weight is 462 g/mol. The number of aromatic nitrogens is 2. The van der Waals surface area contributed by atoms with Crippen LogP contribution in [0.5, 0.6) is 0 Å². The molecule has 3 aromatic carbocycles. The third kappa shape index (κ3) is 4.43. The van der Waals surface area contributed by atoms with E-state index >= 15 is 0 Å². The quantitative estimate of drug-likeness (QED) is 0.282. The third-order valence-electron chi connectivity index (χ3n) is 5.70. The van der Waals surface area contributed by atoms with Crippen molar-refractivity contribution in [3.63, 3.8) is 0 Å². The Bertz CT molecular complexity index is 1330. The summed E-state index contributed by atoms with van der Waals surface area (Å²) in [6.45, 7) is 4.88. The minimum atomic E-state index is -0.689. The highest BCUT2D eigenvalue weighted by Crippen LogP contribution is 2.35. The summed E-state index contributed by atoms with van der Waals surface area (Å²) in [4.78, 5) is 13.6. The zero-order valence-corrected chi connectivity index (χ0v) is 19.1. The van der Waals surface area contributed by atoms with Gasteiger partial charge in [-0.2, -0.15) is 5.10 Å². The van der Waals surface area contributed by atoms with Gasteiger partial charge < -0.3 is 22.5 Å². The predicted octanol–water partition coefficient (Wildman–Crippen LogP) is 4.12. The number of nitrogen functional groups attached to an aromatic ring is 1. The summed E-state index contributed by atoms with van der Waals surface area (Å²) in [5.41, 5.74) is 22.5. The van der Waals surface area contributed by atoms with Crippen LogP contribution in [0.2, 0.25) is 0 Å². The highest BCUT2D eigenvalue weighted by atomic mass is 19.1. The summed E-state index contributed by atoms with van der Waals surface area (Å²) in [5, 5.41) is 11.5. The molecule has 8 nitrogen and oxygen atoms in total. The van der Waals surface area contributed by atoms with Crippen molar-refractivity contribution in [2.24, 2.45) is 11.5 Å². The van der Waals surface area contributed by atoms with Gasteiger partial charge in [0.25, 0.3) is 0 Å². The minimum absolute atomic E-state index is 0.00994. The molecule has 176 valence electrons. The maximum absolute atomic E-state index is 13.9. The number of carbonyl (C=O) groups is 1. The van der Waals surface area contributed by atoms with E-state index in [1.807, 2.05) is 24.3 Å². The van der Waals surface area contributed by atoms with Crippen molar-refractivity contribution in [2.75, 3.05) is 10.6 Å². The number of nitrogens with two attached hydrogens (primary N) is 3. The normalized spacial score (nSPS) is 11.3. The standard InChI is InChI=1S/C25H28FN7O/c1-14(2)30-13-16-5-9-20(22-23(16)31-32-24(22)28)15-3-6-18(7-4-15)33(25(29)34)19-8-10-21(26)17(11-19)12-27/h3-11,14,30H,12-13,27H2,1-2H3,(H2,29,34)(H3,28,31,32). The Balaban J connectivity index is 1.71. The molecule has 2 amide bonds. The number of nitrogens with one attached hydrogen (secondary N) is 2. The van der Waals surface area contributed by atoms with Crippen molar-refractivity contribution in [2.45, 2.75) is 33.0 Å². The van der Waals surface area contributed by atoms with Crippen molar-refractivity contribution >= 4 is 34.1 Å². The van der Waals surface area contributed by atoms with Gasteiger partial charge in [-0.3, -0.25) is 10.00 Å². The molecule has 0 saturated carbocycles. The molecule has 8 N–H and O–H groups in total. The van der Waals surface area contributed by atoms with E-state index in [0.717, 1.165) is 27.6 Å². The summed E-state index contributed by atoms with van der Waals surface area (Å²) < 4.78 is 13.9. The first-order chi connectivity index (χ1) is 16.3. The van der Waals surface area contributed by atoms with Crippen LogP contribution in [-0.2, 0) is 13.1 Å². The van der Waals surface area contributed by atoms with Crippen LogP contribution in [0.15, 0.2) is 54.6 Å². The van der Waals surface area contributed by atoms with Crippen molar-refractivity contribution in [3.05, 3.63) is 71.5 Å². The number of hydrogen-bond acceptors (Lipinski definition) is 5. The summed E-state index contributed by atoms with van der Waals surface area (Å²) in [5.74, 6) is -0.0142. The van der Waals surface area contributed by atoms with Gasteiger partial charge in [-0.15, -0.1) is 0 Å². The fraction of sp³-hybridized carbons (Fsp3) is 0.200. The first-order valence-corrected chi connectivity index (χ1v) is 11.0. The number of urea groups is 1. The van der Waals surface area contributed by atoms with Crippen LogP contribution >= 0.6 is 0 Å². The highest BCUT2D eigenvalue weighted by Gasteiger charge is 2.18. The van der Waals surface area contributed by atoms with E-state index in [2.05, 4.69) is 29.4 Å². The molecule has 1 heterocycles. The van der Waals surface area contributed by atoms with Crippen LogP contribution in [0.3, 0.4) is 0 Å². The zero-order chi connectivity index (χ0) is 24.4. The number of anilines is 3. The molecule has 4 rings (SSSR count). The minimum Gasteiger partial charge on any atom is -0.382 e. The molecule has 0 bridgehead atoms. The lowest BCUT2D eigenvalue weighted by Crippen LogP contribution is -2.31. The van der Waals surface area contributed by atoms with E-state index in [9.17, 15) is 9.18 Å². The molecule has 0 fully saturated rings. The fourth-order valence-electron chi connectivity index (χ4n) is 3.96.